The molecule has 1 aliphatic heterocycles. The van der Waals surface area contributed by atoms with Gasteiger partial charge in [-0.1, -0.05) is 5.16 Å². The number of hydrogen-bond donors (Lipinski definition) is 1. The van der Waals surface area contributed by atoms with E-state index in [1.165, 1.54) is 6.42 Å². The maximum absolute atomic E-state index is 5.32. The lowest BCUT2D eigenvalue weighted by atomic mass is 10.0. The smallest absolute Gasteiger partial charge is 0.226 e. The van der Waals surface area contributed by atoms with Crippen LogP contribution in [0.2, 0.25) is 0 Å². The molecule has 5 heteroatoms. The number of nitrogens with zero attached hydrogens (tertiary/aromatic N) is 2. The van der Waals surface area contributed by atoms with Gasteiger partial charge in [0.25, 0.3) is 0 Å². The van der Waals surface area contributed by atoms with Gasteiger partial charge in [-0.15, -0.1) is 0 Å². The molecule has 1 unspecified atom stereocenters. The van der Waals surface area contributed by atoms with Crippen LogP contribution in [0.3, 0.4) is 0 Å². The molecule has 1 aromatic heterocycles. The minimum atomic E-state index is -0.476. The minimum absolute atomic E-state index is 0.476. The fourth-order valence-corrected chi connectivity index (χ4v) is 1.98. The maximum Gasteiger partial charge on any atom is 0.226 e. The Kier molecular flexibility index (Phi) is 3.79. The van der Waals surface area contributed by atoms with Gasteiger partial charge in [0.15, 0.2) is 0 Å². The highest BCUT2D eigenvalue weighted by molar-refractivity contribution is 4.97. The number of hydrogen-bond acceptors (Lipinski definition) is 5. The summed E-state index contributed by atoms with van der Waals surface area (Å²) in [5.41, 5.74) is -0.476. The highest BCUT2D eigenvalue weighted by atomic mass is 16.5. The Morgan fingerprint density at radius 1 is 1.53 bits per heavy atom. The number of aromatic nitrogens is 2. The van der Waals surface area contributed by atoms with Crippen LogP contribution in [0, 0.1) is 5.92 Å². The first-order valence-corrected chi connectivity index (χ1v) is 6.21. The van der Waals surface area contributed by atoms with E-state index in [9.17, 15) is 0 Å². The van der Waals surface area contributed by atoms with Crippen LogP contribution in [0.1, 0.15) is 38.4 Å². The summed E-state index contributed by atoms with van der Waals surface area (Å²) in [6.07, 6.45) is 3.23. The fourth-order valence-electron chi connectivity index (χ4n) is 1.98. The summed E-state index contributed by atoms with van der Waals surface area (Å²) in [6.45, 7) is 6.12. The minimum Gasteiger partial charge on any atom is -0.371 e. The van der Waals surface area contributed by atoms with Crippen molar-refractivity contribution < 1.29 is 9.26 Å². The van der Waals surface area contributed by atoms with Crippen LogP contribution < -0.4 is 5.32 Å². The van der Waals surface area contributed by atoms with Crippen molar-refractivity contribution in [2.45, 2.75) is 38.7 Å². The summed E-state index contributed by atoms with van der Waals surface area (Å²) >= 11 is 0. The first kappa shape index (κ1) is 12.5. The molecular weight excluding hydrogens is 218 g/mol. The molecular formula is C12H21N3O2. The van der Waals surface area contributed by atoms with Gasteiger partial charge < -0.3 is 14.6 Å². The van der Waals surface area contributed by atoms with E-state index in [-0.39, 0.29) is 0 Å². The molecule has 5 nitrogen and oxygen atoms in total. The molecule has 0 amide bonds. The quantitative estimate of drug-likeness (QED) is 0.843. The number of methoxy groups -OCH3 is 1. The third-order valence-electron chi connectivity index (χ3n) is 3.45. The van der Waals surface area contributed by atoms with E-state index < -0.39 is 5.60 Å². The third kappa shape index (κ3) is 3.04. The van der Waals surface area contributed by atoms with Gasteiger partial charge in [-0.05, 0) is 45.7 Å². The Morgan fingerprint density at radius 3 is 3.00 bits per heavy atom. The van der Waals surface area contributed by atoms with Crippen LogP contribution in [0.4, 0.5) is 0 Å². The van der Waals surface area contributed by atoms with E-state index in [4.69, 9.17) is 9.26 Å². The van der Waals surface area contributed by atoms with E-state index in [1.54, 1.807) is 7.11 Å². The van der Waals surface area contributed by atoms with Crippen molar-refractivity contribution in [3.05, 3.63) is 11.7 Å². The average molecular weight is 239 g/mol. The summed E-state index contributed by atoms with van der Waals surface area (Å²) in [5.74, 6) is 2.09. The second kappa shape index (κ2) is 5.14. The van der Waals surface area contributed by atoms with E-state index in [2.05, 4.69) is 15.5 Å². The molecule has 17 heavy (non-hydrogen) atoms. The first-order valence-electron chi connectivity index (χ1n) is 6.21. The van der Waals surface area contributed by atoms with Crippen LogP contribution >= 0.6 is 0 Å². The van der Waals surface area contributed by atoms with E-state index in [0.717, 1.165) is 37.7 Å². The maximum atomic E-state index is 5.32. The van der Waals surface area contributed by atoms with E-state index >= 15 is 0 Å². The number of rotatable bonds is 5. The van der Waals surface area contributed by atoms with Crippen LogP contribution in [-0.4, -0.2) is 30.3 Å². The Hall–Kier alpha value is -0.940. The molecule has 0 saturated carbocycles. The highest BCUT2D eigenvalue weighted by Gasteiger charge is 2.26. The van der Waals surface area contributed by atoms with Gasteiger partial charge in [0.1, 0.15) is 5.60 Å². The summed E-state index contributed by atoms with van der Waals surface area (Å²) in [4.78, 5) is 4.39. The van der Waals surface area contributed by atoms with Crippen molar-refractivity contribution >= 4 is 0 Å². The zero-order valence-electron chi connectivity index (χ0n) is 10.8. The fraction of sp³-hybridized carbons (Fsp3) is 0.833. The molecule has 2 rings (SSSR count). The topological polar surface area (TPSA) is 60.2 Å². The zero-order valence-corrected chi connectivity index (χ0v) is 10.8. The molecule has 96 valence electrons. The molecule has 1 saturated heterocycles. The Bertz CT molecular complexity index is 356. The molecule has 1 atom stereocenters. The molecule has 0 spiro atoms. The summed E-state index contributed by atoms with van der Waals surface area (Å²) in [7, 11) is 1.65. The number of aryl methyl sites for hydroxylation is 1. The van der Waals surface area contributed by atoms with Gasteiger partial charge in [-0.3, -0.25) is 0 Å². The van der Waals surface area contributed by atoms with Crippen LogP contribution in [-0.2, 0) is 16.8 Å². The van der Waals surface area contributed by atoms with Crippen molar-refractivity contribution in [3.8, 4) is 0 Å². The molecule has 0 aliphatic carbocycles. The highest BCUT2D eigenvalue weighted by Crippen LogP contribution is 2.21. The number of nitrogens with one attached hydrogen (secondary N) is 1. The van der Waals surface area contributed by atoms with Crippen molar-refractivity contribution in [2.24, 2.45) is 5.92 Å². The second-order valence-corrected chi connectivity index (χ2v) is 5.12. The predicted molar refractivity (Wildman–Crippen MR) is 63.6 cm³/mol. The van der Waals surface area contributed by atoms with Crippen molar-refractivity contribution in [3.63, 3.8) is 0 Å². The monoisotopic (exact) mass is 239 g/mol. The average Bonchev–Trinajstić information content (AvgIpc) is 2.97. The van der Waals surface area contributed by atoms with Crippen molar-refractivity contribution in [2.75, 3.05) is 20.2 Å². The van der Waals surface area contributed by atoms with E-state index in [1.807, 2.05) is 13.8 Å². The molecule has 2 heterocycles. The SMILES string of the molecule is COC(C)(C)c1noc(CCC2CCNC2)n1. The Balaban J connectivity index is 1.89. The van der Waals surface area contributed by atoms with Crippen LogP contribution in [0.5, 0.6) is 0 Å². The van der Waals surface area contributed by atoms with Gasteiger partial charge in [0.2, 0.25) is 11.7 Å². The first-order chi connectivity index (χ1) is 8.12. The zero-order chi connectivity index (χ0) is 12.3. The lowest BCUT2D eigenvalue weighted by molar-refractivity contribution is 0.00973. The molecule has 1 fully saturated rings. The molecule has 1 N–H and O–H groups in total. The van der Waals surface area contributed by atoms with Gasteiger partial charge in [-0.25, -0.2) is 0 Å². The van der Waals surface area contributed by atoms with Crippen LogP contribution in [0.25, 0.3) is 0 Å². The standard InChI is InChI=1S/C12H21N3O2/c1-12(2,16-3)11-14-10(17-15-11)5-4-9-6-7-13-8-9/h9,13H,4-8H2,1-3H3. The largest absolute Gasteiger partial charge is 0.371 e. The summed E-state index contributed by atoms with van der Waals surface area (Å²) < 4.78 is 10.6. The third-order valence-corrected chi connectivity index (χ3v) is 3.45. The second-order valence-electron chi connectivity index (χ2n) is 5.12. The van der Waals surface area contributed by atoms with Crippen molar-refractivity contribution in [1.82, 2.24) is 15.5 Å². The normalized spacial score (nSPS) is 21.0. The van der Waals surface area contributed by atoms with Crippen LogP contribution in [0.15, 0.2) is 4.52 Å². The Morgan fingerprint density at radius 2 is 2.35 bits per heavy atom. The summed E-state index contributed by atoms with van der Waals surface area (Å²) in [6, 6.07) is 0. The van der Waals surface area contributed by atoms with Gasteiger partial charge in [-0.2, -0.15) is 4.98 Å². The predicted octanol–water partition coefficient (Wildman–Crippen LogP) is 1.49. The van der Waals surface area contributed by atoms with Crippen molar-refractivity contribution in [1.29, 1.82) is 0 Å². The van der Waals surface area contributed by atoms with Gasteiger partial charge in [0.05, 0.1) is 0 Å². The lowest BCUT2D eigenvalue weighted by Gasteiger charge is -2.17. The summed E-state index contributed by atoms with van der Waals surface area (Å²) in [5, 5.41) is 7.34. The number of ether oxygens (including phenoxy) is 1. The van der Waals surface area contributed by atoms with Gasteiger partial charge >= 0.3 is 0 Å². The van der Waals surface area contributed by atoms with E-state index in [0.29, 0.717) is 5.82 Å². The molecule has 1 aromatic rings. The lowest BCUT2D eigenvalue weighted by Crippen LogP contribution is -2.21. The Labute approximate surface area is 102 Å². The molecule has 0 radical (unpaired) electrons. The molecule has 1 aliphatic rings. The molecule has 0 aromatic carbocycles. The van der Waals surface area contributed by atoms with Gasteiger partial charge in [0, 0.05) is 13.5 Å². The molecule has 0 bridgehead atoms.